The third kappa shape index (κ3) is 3.50. The first kappa shape index (κ1) is 21.4. The van der Waals surface area contributed by atoms with Crippen LogP contribution in [0.15, 0.2) is 47.4 Å². The van der Waals surface area contributed by atoms with Crippen LogP contribution in [-0.2, 0) is 16.6 Å². The summed E-state index contributed by atoms with van der Waals surface area (Å²) in [5.74, 6) is 0.465. The first-order valence-corrected chi connectivity index (χ1v) is 11.9. The lowest BCUT2D eigenvalue weighted by Crippen LogP contribution is -2.62. The summed E-state index contributed by atoms with van der Waals surface area (Å²) in [6.07, 6.45) is 8.13. The van der Waals surface area contributed by atoms with E-state index in [1.807, 2.05) is 48.4 Å². The summed E-state index contributed by atoms with van der Waals surface area (Å²) in [6.45, 7) is 0.937. The van der Waals surface area contributed by atoms with Crippen molar-refractivity contribution in [2.45, 2.75) is 54.5 Å². The minimum atomic E-state index is -0.0732. The van der Waals surface area contributed by atoms with Gasteiger partial charge in [-0.2, -0.15) is 0 Å². The van der Waals surface area contributed by atoms with E-state index in [9.17, 15) is 15.0 Å². The minimum Gasteiger partial charge on any atom is -0.504 e. The van der Waals surface area contributed by atoms with Gasteiger partial charge in [0.1, 0.15) is 0 Å². The SMILES string of the molecule is CN(C(=O)C=Cc1cccc(S)c1)[C@H]1CC[C@H]2[C@H]3Cc4c(ccc(O)c4O)[C@@]2(CCN3)C1. The highest BCUT2D eigenvalue weighted by Gasteiger charge is 2.54. The zero-order chi connectivity index (χ0) is 22.5. The number of carbonyl (C=O) groups excluding carboxylic acids is 1. The van der Waals surface area contributed by atoms with Gasteiger partial charge in [-0.3, -0.25) is 4.79 Å². The van der Waals surface area contributed by atoms with E-state index >= 15 is 0 Å². The molecule has 0 radical (unpaired) electrons. The number of nitrogens with zero attached hydrogens (tertiary/aromatic N) is 1. The van der Waals surface area contributed by atoms with Crippen molar-refractivity contribution in [3.63, 3.8) is 0 Å². The molecule has 2 fully saturated rings. The lowest BCUT2D eigenvalue weighted by molar-refractivity contribution is -0.128. The molecule has 1 heterocycles. The van der Waals surface area contributed by atoms with Crippen LogP contribution in [0.4, 0.5) is 0 Å². The van der Waals surface area contributed by atoms with Crippen LogP contribution in [0.2, 0.25) is 0 Å². The maximum absolute atomic E-state index is 13.0. The first-order valence-electron chi connectivity index (χ1n) is 11.4. The quantitative estimate of drug-likeness (QED) is 0.325. The topological polar surface area (TPSA) is 72.8 Å². The Labute approximate surface area is 194 Å². The van der Waals surface area contributed by atoms with Crippen LogP contribution in [0.1, 0.15) is 42.4 Å². The summed E-state index contributed by atoms with van der Waals surface area (Å²) in [6, 6.07) is 11.8. The molecule has 5 rings (SSSR count). The number of nitrogens with one attached hydrogen (secondary N) is 1. The summed E-state index contributed by atoms with van der Waals surface area (Å²) in [4.78, 5) is 15.8. The lowest BCUT2D eigenvalue weighted by Gasteiger charge is -2.58. The van der Waals surface area contributed by atoms with Crippen molar-refractivity contribution in [3.8, 4) is 11.5 Å². The lowest BCUT2D eigenvalue weighted by atomic mass is 9.51. The van der Waals surface area contributed by atoms with Gasteiger partial charge in [-0.25, -0.2) is 0 Å². The number of rotatable bonds is 3. The Balaban J connectivity index is 1.41. The monoisotopic (exact) mass is 450 g/mol. The van der Waals surface area contributed by atoms with Crippen LogP contribution in [0.25, 0.3) is 6.08 Å². The van der Waals surface area contributed by atoms with Crippen molar-refractivity contribution in [3.05, 3.63) is 59.2 Å². The Morgan fingerprint density at radius 2 is 2.09 bits per heavy atom. The first-order chi connectivity index (χ1) is 15.4. The van der Waals surface area contributed by atoms with Crippen LogP contribution >= 0.6 is 12.6 Å². The second kappa shape index (κ2) is 8.16. The molecule has 5 nitrogen and oxygen atoms in total. The fourth-order valence-corrected chi connectivity index (χ4v) is 6.65. The molecule has 2 bridgehead atoms. The van der Waals surface area contributed by atoms with Gasteiger partial charge in [0.05, 0.1) is 0 Å². The van der Waals surface area contributed by atoms with Crippen LogP contribution in [0.5, 0.6) is 11.5 Å². The summed E-state index contributed by atoms with van der Waals surface area (Å²) in [5, 5.41) is 24.3. The van der Waals surface area contributed by atoms with Crippen LogP contribution < -0.4 is 5.32 Å². The largest absolute Gasteiger partial charge is 0.504 e. The molecule has 168 valence electrons. The third-order valence-electron chi connectivity index (χ3n) is 7.99. The number of thiol groups is 1. The average molecular weight is 451 g/mol. The van der Waals surface area contributed by atoms with E-state index < -0.39 is 0 Å². The Morgan fingerprint density at radius 3 is 2.91 bits per heavy atom. The van der Waals surface area contributed by atoms with Gasteiger partial charge in [-0.15, -0.1) is 12.6 Å². The number of piperidine rings is 1. The highest BCUT2D eigenvalue weighted by molar-refractivity contribution is 7.80. The van der Waals surface area contributed by atoms with Crippen molar-refractivity contribution in [2.24, 2.45) is 5.92 Å². The highest BCUT2D eigenvalue weighted by Crippen LogP contribution is 2.56. The van der Waals surface area contributed by atoms with Gasteiger partial charge in [0.2, 0.25) is 5.91 Å². The van der Waals surface area contributed by atoms with E-state index in [1.54, 1.807) is 12.1 Å². The van der Waals surface area contributed by atoms with Gasteiger partial charge in [-0.1, -0.05) is 18.2 Å². The molecule has 32 heavy (non-hydrogen) atoms. The van der Waals surface area contributed by atoms with Gasteiger partial charge in [0.15, 0.2) is 11.5 Å². The molecule has 2 aliphatic carbocycles. The van der Waals surface area contributed by atoms with Crippen LogP contribution in [0, 0.1) is 5.92 Å². The molecular weight excluding hydrogens is 420 g/mol. The number of carbonyl (C=O) groups is 1. The number of phenolic OH excluding ortho intramolecular Hbond substituents is 2. The van der Waals surface area contributed by atoms with E-state index in [1.165, 1.54) is 5.56 Å². The second-order valence-electron chi connectivity index (χ2n) is 9.55. The number of aromatic hydroxyl groups is 2. The summed E-state index contributed by atoms with van der Waals surface area (Å²) < 4.78 is 0. The Hall–Kier alpha value is -2.44. The van der Waals surface area contributed by atoms with Gasteiger partial charge in [-0.05, 0) is 80.0 Å². The van der Waals surface area contributed by atoms with Crippen molar-refractivity contribution in [2.75, 3.05) is 13.6 Å². The van der Waals surface area contributed by atoms with Crippen molar-refractivity contribution < 1.29 is 15.0 Å². The minimum absolute atomic E-state index is 0.00416. The van der Waals surface area contributed by atoms with Gasteiger partial charge in [0.25, 0.3) is 0 Å². The Bertz CT molecular complexity index is 1080. The van der Waals surface area contributed by atoms with E-state index in [-0.39, 0.29) is 28.9 Å². The van der Waals surface area contributed by atoms with E-state index in [2.05, 4.69) is 17.9 Å². The van der Waals surface area contributed by atoms with E-state index in [0.29, 0.717) is 12.0 Å². The third-order valence-corrected chi connectivity index (χ3v) is 8.27. The van der Waals surface area contributed by atoms with E-state index in [0.717, 1.165) is 54.7 Å². The highest BCUT2D eigenvalue weighted by atomic mass is 32.1. The summed E-state index contributed by atoms with van der Waals surface area (Å²) >= 11 is 4.37. The number of likely N-dealkylation sites (N-methyl/N-ethyl adjacent to an activating group) is 1. The maximum atomic E-state index is 13.0. The summed E-state index contributed by atoms with van der Waals surface area (Å²) in [5.41, 5.74) is 2.93. The molecular formula is C26H30N2O3S. The fraction of sp³-hybridized carbons (Fsp3) is 0.423. The second-order valence-corrected chi connectivity index (χ2v) is 10.1. The normalized spacial score (nSPS) is 28.8. The molecule has 3 aliphatic rings. The number of fused-ring (bicyclic) bond motifs is 1. The molecule has 1 saturated carbocycles. The van der Waals surface area contributed by atoms with Crippen LogP contribution in [0.3, 0.4) is 0 Å². The number of phenols is 2. The molecule has 0 unspecified atom stereocenters. The maximum Gasteiger partial charge on any atom is 0.246 e. The van der Waals surface area contributed by atoms with Crippen molar-refractivity contribution >= 4 is 24.6 Å². The smallest absolute Gasteiger partial charge is 0.246 e. The molecule has 6 heteroatoms. The van der Waals surface area contributed by atoms with Crippen molar-refractivity contribution in [1.82, 2.24) is 10.2 Å². The number of amides is 1. The molecule has 1 amide bonds. The van der Waals surface area contributed by atoms with E-state index in [4.69, 9.17) is 0 Å². The predicted molar refractivity (Wildman–Crippen MR) is 128 cm³/mol. The van der Waals surface area contributed by atoms with Gasteiger partial charge >= 0.3 is 0 Å². The molecule has 0 spiro atoms. The van der Waals surface area contributed by atoms with Gasteiger partial charge < -0.3 is 20.4 Å². The molecule has 1 saturated heterocycles. The molecule has 4 atom stereocenters. The average Bonchev–Trinajstić information content (AvgIpc) is 2.79. The zero-order valence-electron chi connectivity index (χ0n) is 18.3. The van der Waals surface area contributed by atoms with Crippen LogP contribution in [-0.4, -0.2) is 46.7 Å². The summed E-state index contributed by atoms with van der Waals surface area (Å²) in [7, 11) is 1.90. The Morgan fingerprint density at radius 1 is 1.25 bits per heavy atom. The fourth-order valence-electron chi connectivity index (χ4n) is 6.42. The standard InChI is InChI=1S/C26H30N2O3S/c1-28(24(30)10-5-16-3-2-4-18(32)13-16)17-6-7-21-22-14-19-20(8-9-23(29)25(19)31)26(21,15-17)11-12-27-22/h2-5,8-10,13,17,21-22,27,29,31-32H,6-7,11-12,14-15H2,1H3/t17-,21-,22+,26+/m0/s1. The molecule has 0 aromatic heterocycles. The number of hydrogen-bond acceptors (Lipinski definition) is 5. The Kier molecular flexibility index (Phi) is 5.46. The molecule has 1 aliphatic heterocycles. The van der Waals surface area contributed by atoms with Crippen molar-refractivity contribution in [1.29, 1.82) is 0 Å². The number of benzene rings is 2. The molecule has 3 N–H and O–H groups in total. The number of hydrogen-bond donors (Lipinski definition) is 4. The van der Waals surface area contributed by atoms with Gasteiger partial charge in [0, 0.05) is 41.1 Å². The predicted octanol–water partition coefficient (Wildman–Crippen LogP) is 3.88. The molecule has 2 aromatic carbocycles. The molecule has 2 aromatic rings. The zero-order valence-corrected chi connectivity index (χ0v) is 19.2.